The zero-order valence-electron chi connectivity index (χ0n) is 13.1. The molecule has 0 radical (unpaired) electrons. The Kier molecular flexibility index (Phi) is 7.18. The van der Waals surface area contributed by atoms with Crippen molar-refractivity contribution in [2.45, 2.75) is 39.5 Å². The summed E-state index contributed by atoms with van der Waals surface area (Å²) in [5.41, 5.74) is -0.783. The van der Waals surface area contributed by atoms with E-state index in [2.05, 4.69) is 11.8 Å². The SMILES string of the molecule is CCCCC(CC#Cc1ccccc1)(C(=O)O)C(=O)OCC. The molecule has 0 saturated heterocycles. The van der Waals surface area contributed by atoms with E-state index in [1.807, 2.05) is 37.3 Å². The quantitative estimate of drug-likeness (QED) is 0.477. The molecule has 0 saturated carbocycles. The highest BCUT2D eigenvalue weighted by atomic mass is 16.5. The van der Waals surface area contributed by atoms with Crippen molar-refractivity contribution in [1.82, 2.24) is 0 Å². The molecule has 0 aromatic heterocycles. The standard InChI is InChI=1S/C18H22O4/c1-3-5-13-18(16(19)20,17(21)22-4-2)14-9-12-15-10-7-6-8-11-15/h6-8,10-11H,3-5,13-14H2,1-2H3,(H,19,20). The molecule has 0 spiro atoms. The van der Waals surface area contributed by atoms with Gasteiger partial charge >= 0.3 is 11.9 Å². The Labute approximate surface area is 131 Å². The number of carboxylic acid groups (broad SMARTS) is 1. The first-order valence-corrected chi connectivity index (χ1v) is 7.51. The van der Waals surface area contributed by atoms with Crippen LogP contribution in [0.25, 0.3) is 0 Å². The van der Waals surface area contributed by atoms with E-state index in [1.54, 1.807) is 6.92 Å². The number of unbranched alkanes of at least 4 members (excludes halogenated alkanes) is 1. The first-order chi connectivity index (χ1) is 10.6. The van der Waals surface area contributed by atoms with Gasteiger partial charge in [-0.15, -0.1) is 0 Å². The Morgan fingerprint density at radius 3 is 2.45 bits per heavy atom. The van der Waals surface area contributed by atoms with Crippen LogP contribution < -0.4 is 0 Å². The maximum Gasteiger partial charge on any atom is 0.324 e. The number of benzene rings is 1. The smallest absolute Gasteiger partial charge is 0.324 e. The minimum atomic E-state index is -1.58. The average molecular weight is 302 g/mol. The highest BCUT2D eigenvalue weighted by Crippen LogP contribution is 2.31. The summed E-state index contributed by atoms with van der Waals surface area (Å²) >= 11 is 0. The van der Waals surface area contributed by atoms with E-state index in [9.17, 15) is 14.7 Å². The molecule has 0 aliphatic heterocycles. The summed E-state index contributed by atoms with van der Waals surface area (Å²) in [4.78, 5) is 23.9. The van der Waals surface area contributed by atoms with Crippen molar-refractivity contribution in [3.8, 4) is 11.8 Å². The normalized spacial score (nSPS) is 12.6. The summed E-state index contributed by atoms with van der Waals surface area (Å²) in [6.07, 6.45) is 1.63. The van der Waals surface area contributed by atoms with Crippen LogP contribution in [-0.2, 0) is 14.3 Å². The lowest BCUT2D eigenvalue weighted by Crippen LogP contribution is -2.40. The predicted octanol–water partition coefficient (Wildman–Crippen LogP) is 3.25. The van der Waals surface area contributed by atoms with Crippen molar-refractivity contribution < 1.29 is 19.4 Å². The third kappa shape index (κ3) is 4.63. The van der Waals surface area contributed by atoms with Gasteiger partial charge in [0.05, 0.1) is 6.61 Å². The van der Waals surface area contributed by atoms with Gasteiger partial charge in [-0.05, 0) is 25.5 Å². The largest absolute Gasteiger partial charge is 0.480 e. The molecule has 1 aromatic carbocycles. The van der Waals surface area contributed by atoms with Crippen molar-refractivity contribution in [2.24, 2.45) is 5.41 Å². The van der Waals surface area contributed by atoms with Gasteiger partial charge in [-0.3, -0.25) is 9.59 Å². The van der Waals surface area contributed by atoms with Crippen LogP contribution in [-0.4, -0.2) is 23.7 Å². The van der Waals surface area contributed by atoms with Crippen LogP contribution in [0.4, 0.5) is 0 Å². The van der Waals surface area contributed by atoms with E-state index in [0.717, 1.165) is 12.0 Å². The molecule has 0 bridgehead atoms. The summed E-state index contributed by atoms with van der Waals surface area (Å²) < 4.78 is 4.98. The molecule has 1 aromatic rings. The lowest BCUT2D eigenvalue weighted by molar-refractivity contribution is -0.169. The van der Waals surface area contributed by atoms with Crippen molar-refractivity contribution in [2.75, 3.05) is 6.61 Å². The minimum Gasteiger partial charge on any atom is -0.480 e. The predicted molar refractivity (Wildman–Crippen MR) is 84.2 cm³/mol. The lowest BCUT2D eigenvalue weighted by atomic mass is 9.79. The number of rotatable bonds is 7. The fraction of sp³-hybridized carbons (Fsp3) is 0.444. The van der Waals surface area contributed by atoms with Crippen molar-refractivity contribution in [1.29, 1.82) is 0 Å². The van der Waals surface area contributed by atoms with Gasteiger partial charge in [-0.2, -0.15) is 0 Å². The zero-order valence-corrected chi connectivity index (χ0v) is 13.1. The molecular weight excluding hydrogens is 280 g/mol. The fourth-order valence-corrected chi connectivity index (χ4v) is 2.10. The van der Waals surface area contributed by atoms with Crippen molar-refractivity contribution in [3.05, 3.63) is 35.9 Å². The molecule has 0 aliphatic rings. The summed E-state index contributed by atoms with van der Waals surface area (Å²) in [7, 11) is 0. The highest BCUT2D eigenvalue weighted by molar-refractivity contribution is 5.99. The van der Waals surface area contributed by atoms with Crippen LogP contribution in [0.15, 0.2) is 30.3 Å². The van der Waals surface area contributed by atoms with E-state index in [0.29, 0.717) is 6.42 Å². The second-order valence-corrected chi connectivity index (χ2v) is 5.06. The second kappa shape index (κ2) is 8.89. The monoisotopic (exact) mass is 302 g/mol. The van der Waals surface area contributed by atoms with Gasteiger partial charge in [0, 0.05) is 12.0 Å². The van der Waals surface area contributed by atoms with Crippen LogP contribution in [0.2, 0.25) is 0 Å². The first-order valence-electron chi connectivity index (χ1n) is 7.51. The lowest BCUT2D eigenvalue weighted by Gasteiger charge is -2.24. The number of carbonyl (C=O) groups is 2. The fourth-order valence-electron chi connectivity index (χ4n) is 2.10. The van der Waals surface area contributed by atoms with Crippen molar-refractivity contribution >= 4 is 11.9 Å². The van der Waals surface area contributed by atoms with Gasteiger partial charge in [0.1, 0.15) is 0 Å². The number of hydrogen-bond donors (Lipinski definition) is 1. The second-order valence-electron chi connectivity index (χ2n) is 5.06. The zero-order chi connectivity index (χ0) is 16.4. The van der Waals surface area contributed by atoms with Gasteiger partial charge in [-0.1, -0.05) is 49.8 Å². The van der Waals surface area contributed by atoms with Gasteiger partial charge in [0.25, 0.3) is 0 Å². The number of hydrogen-bond acceptors (Lipinski definition) is 3. The Hall–Kier alpha value is -2.28. The summed E-state index contributed by atoms with van der Waals surface area (Å²) in [6, 6.07) is 9.28. The number of aliphatic carboxylic acids is 1. The average Bonchev–Trinajstić information content (AvgIpc) is 2.51. The van der Waals surface area contributed by atoms with E-state index in [-0.39, 0.29) is 19.4 Å². The van der Waals surface area contributed by atoms with Crippen LogP contribution >= 0.6 is 0 Å². The molecule has 4 heteroatoms. The first kappa shape index (κ1) is 17.8. The van der Waals surface area contributed by atoms with Gasteiger partial charge in [-0.25, -0.2) is 0 Å². The van der Waals surface area contributed by atoms with Crippen LogP contribution in [0.3, 0.4) is 0 Å². The molecule has 1 unspecified atom stereocenters. The van der Waals surface area contributed by atoms with Crippen LogP contribution in [0, 0.1) is 17.3 Å². The minimum absolute atomic E-state index is 0.0456. The maximum atomic E-state index is 12.2. The van der Waals surface area contributed by atoms with Gasteiger partial charge < -0.3 is 9.84 Å². The molecule has 0 heterocycles. The molecule has 1 rings (SSSR count). The van der Waals surface area contributed by atoms with Gasteiger partial charge in [0.2, 0.25) is 0 Å². The molecular formula is C18H22O4. The van der Waals surface area contributed by atoms with E-state index >= 15 is 0 Å². The number of ether oxygens (including phenoxy) is 1. The van der Waals surface area contributed by atoms with Crippen LogP contribution in [0.1, 0.15) is 45.1 Å². The van der Waals surface area contributed by atoms with Crippen LogP contribution in [0.5, 0.6) is 0 Å². The molecule has 0 amide bonds. The number of esters is 1. The topological polar surface area (TPSA) is 63.6 Å². The molecule has 118 valence electrons. The molecule has 1 atom stereocenters. The molecule has 22 heavy (non-hydrogen) atoms. The van der Waals surface area contributed by atoms with E-state index < -0.39 is 17.4 Å². The van der Waals surface area contributed by atoms with E-state index in [1.165, 1.54) is 0 Å². The molecule has 0 fully saturated rings. The summed E-state index contributed by atoms with van der Waals surface area (Å²) in [5, 5.41) is 9.58. The number of carbonyl (C=O) groups excluding carboxylic acids is 1. The summed E-state index contributed by atoms with van der Waals surface area (Å²) in [5.74, 6) is 3.89. The van der Waals surface area contributed by atoms with E-state index in [4.69, 9.17) is 4.74 Å². The van der Waals surface area contributed by atoms with Gasteiger partial charge in [0.15, 0.2) is 5.41 Å². The Morgan fingerprint density at radius 2 is 1.91 bits per heavy atom. The Morgan fingerprint density at radius 1 is 1.23 bits per heavy atom. The third-order valence-corrected chi connectivity index (χ3v) is 3.43. The highest BCUT2D eigenvalue weighted by Gasteiger charge is 2.46. The molecule has 0 aliphatic carbocycles. The third-order valence-electron chi connectivity index (χ3n) is 3.43. The molecule has 1 N–H and O–H groups in total. The molecule has 4 nitrogen and oxygen atoms in total. The maximum absolute atomic E-state index is 12.2. The Bertz CT molecular complexity index is 553. The number of carboxylic acids is 1. The Balaban J connectivity index is 3.00. The van der Waals surface area contributed by atoms with Crippen molar-refractivity contribution in [3.63, 3.8) is 0 Å². The summed E-state index contributed by atoms with van der Waals surface area (Å²) in [6.45, 7) is 3.78.